The van der Waals surface area contributed by atoms with Crippen molar-refractivity contribution in [2.75, 3.05) is 13.2 Å². The smallest absolute Gasteiger partial charge is 0.0658 e. The van der Waals surface area contributed by atoms with Crippen LogP contribution < -0.4 is 0 Å². The minimum absolute atomic E-state index is 0.384. The van der Waals surface area contributed by atoms with Crippen LogP contribution in [0.4, 0.5) is 0 Å². The standard InChI is InChI=1S/C22H25NO/c1-16-8-9-19(10-17(16)2)20-11-21-14-24-15-22(12-20)23(21)13-18-6-4-3-5-7-18/h3-11,21-22H,12-15H2,1-2H3. The molecule has 2 aliphatic rings. The Morgan fingerprint density at radius 1 is 1.00 bits per heavy atom. The van der Waals surface area contributed by atoms with Crippen LogP contribution in [-0.2, 0) is 11.3 Å². The summed E-state index contributed by atoms with van der Waals surface area (Å²) in [5, 5.41) is 0. The number of ether oxygens (including phenoxy) is 1. The third-order valence-corrected chi connectivity index (χ3v) is 5.43. The molecule has 1 saturated heterocycles. The molecule has 2 unspecified atom stereocenters. The minimum atomic E-state index is 0.384. The third-order valence-electron chi connectivity index (χ3n) is 5.43. The molecule has 2 bridgehead atoms. The fourth-order valence-electron chi connectivity index (χ4n) is 3.86. The number of aryl methyl sites for hydroxylation is 2. The first-order chi connectivity index (χ1) is 11.7. The van der Waals surface area contributed by atoms with Crippen LogP contribution in [0.5, 0.6) is 0 Å². The molecule has 0 amide bonds. The first kappa shape index (κ1) is 15.6. The van der Waals surface area contributed by atoms with Crippen molar-refractivity contribution in [2.24, 2.45) is 0 Å². The van der Waals surface area contributed by atoms with Crippen LogP contribution >= 0.6 is 0 Å². The largest absolute Gasteiger partial charge is 0.378 e. The van der Waals surface area contributed by atoms with Crippen LogP contribution in [0.3, 0.4) is 0 Å². The van der Waals surface area contributed by atoms with Crippen LogP contribution in [0.15, 0.2) is 54.6 Å². The SMILES string of the molecule is Cc1ccc(C2=CC3COCC(C2)N3Cc2ccccc2)cc1C. The zero-order valence-electron chi connectivity index (χ0n) is 14.5. The van der Waals surface area contributed by atoms with Crippen molar-refractivity contribution in [1.82, 2.24) is 4.90 Å². The summed E-state index contributed by atoms with van der Waals surface area (Å²) < 4.78 is 5.85. The molecule has 0 aromatic heterocycles. The summed E-state index contributed by atoms with van der Waals surface area (Å²) in [6, 6.07) is 18.5. The Balaban J connectivity index is 1.61. The fourth-order valence-corrected chi connectivity index (χ4v) is 3.86. The Bertz CT molecular complexity index is 750. The van der Waals surface area contributed by atoms with Gasteiger partial charge in [-0.25, -0.2) is 0 Å². The van der Waals surface area contributed by atoms with Crippen LogP contribution in [0, 0.1) is 13.8 Å². The number of hydrogen-bond acceptors (Lipinski definition) is 2. The number of rotatable bonds is 3. The Hall–Kier alpha value is -1.90. The molecule has 24 heavy (non-hydrogen) atoms. The average Bonchev–Trinajstić information content (AvgIpc) is 2.58. The molecule has 0 N–H and O–H groups in total. The highest BCUT2D eigenvalue weighted by atomic mass is 16.5. The topological polar surface area (TPSA) is 12.5 Å². The summed E-state index contributed by atoms with van der Waals surface area (Å²) >= 11 is 0. The molecule has 0 spiro atoms. The molecule has 2 aromatic carbocycles. The molecule has 2 atom stereocenters. The van der Waals surface area contributed by atoms with E-state index in [2.05, 4.69) is 73.4 Å². The van der Waals surface area contributed by atoms with E-state index in [1.54, 1.807) is 0 Å². The first-order valence-corrected chi connectivity index (χ1v) is 8.86. The van der Waals surface area contributed by atoms with Crippen molar-refractivity contribution in [3.63, 3.8) is 0 Å². The predicted octanol–water partition coefficient (Wildman–Crippen LogP) is 4.36. The zero-order chi connectivity index (χ0) is 16.5. The van der Waals surface area contributed by atoms with Crippen LogP contribution in [-0.4, -0.2) is 30.2 Å². The Kier molecular flexibility index (Phi) is 4.26. The lowest BCUT2D eigenvalue weighted by Crippen LogP contribution is -2.53. The Morgan fingerprint density at radius 3 is 2.58 bits per heavy atom. The number of benzene rings is 2. The van der Waals surface area contributed by atoms with Crippen LogP contribution in [0.2, 0.25) is 0 Å². The summed E-state index contributed by atoms with van der Waals surface area (Å²) in [6.45, 7) is 7.03. The highest BCUT2D eigenvalue weighted by Crippen LogP contribution is 2.34. The molecule has 2 heterocycles. The summed E-state index contributed by atoms with van der Waals surface area (Å²) in [4.78, 5) is 2.61. The molecular weight excluding hydrogens is 294 g/mol. The van der Waals surface area contributed by atoms with Crippen molar-refractivity contribution in [2.45, 2.75) is 38.9 Å². The molecule has 2 heteroatoms. The average molecular weight is 319 g/mol. The number of nitrogens with zero attached hydrogens (tertiary/aromatic N) is 1. The van der Waals surface area contributed by atoms with E-state index in [0.29, 0.717) is 12.1 Å². The van der Waals surface area contributed by atoms with Gasteiger partial charge in [-0.1, -0.05) is 54.6 Å². The second-order valence-corrected chi connectivity index (χ2v) is 7.11. The van der Waals surface area contributed by atoms with E-state index in [-0.39, 0.29) is 0 Å². The van der Waals surface area contributed by atoms with Gasteiger partial charge in [0.2, 0.25) is 0 Å². The highest BCUT2D eigenvalue weighted by molar-refractivity contribution is 5.68. The van der Waals surface area contributed by atoms with Crippen molar-refractivity contribution < 1.29 is 4.74 Å². The number of hydrogen-bond donors (Lipinski definition) is 0. The first-order valence-electron chi connectivity index (χ1n) is 8.86. The van der Waals surface area contributed by atoms with E-state index in [4.69, 9.17) is 4.74 Å². The monoisotopic (exact) mass is 319 g/mol. The van der Waals surface area contributed by atoms with Gasteiger partial charge in [0.15, 0.2) is 0 Å². The molecule has 1 fully saturated rings. The van der Waals surface area contributed by atoms with Crippen LogP contribution in [0.1, 0.15) is 28.7 Å². The molecule has 2 aromatic rings. The van der Waals surface area contributed by atoms with E-state index in [1.807, 2.05) is 0 Å². The van der Waals surface area contributed by atoms with E-state index in [0.717, 1.165) is 26.2 Å². The van der Waals surface area contributed by atoms with Gasteiger partial charge in [-0.3, -0.25) is 4.90 Å². The zero-order valence-corrected chi connectivity index (χ0v) is 14.5. The van der Waals surface area contributed by atoms with Crippen molar-refractivity contribution in [1.29, 1.82) is 0 Å². The maximum Gasteiger partial charge on any atom is 0.0658 e. The van der Waals surface area contributed by atoms with Gasteiger partial charge in [0.25, 0.3) is 0 Å². The molecule has 0 aliphatic carbocycles. The number of morpholine rings is 1. The predicted molar refractivity (Wildman–Crippen MR) is 98.9 cm³/mol. The van der Waals surface area contributed by atoms with E-state index in [1.165, 1.54) is 27.8 Å². The summed E-state index contributed by atoms with van der Waals surface area (Å²) in [5.41, 5.74) is 7.00. The Morgan fingerprint density at radius 2 is 1.83 bits per heavy atom. The van der Waals surface area contributed by atoms with Crippen molar-refractivity contribution >= 4 is 5.57 Å². The van der Waals surface area contributed by atoms with E-state index >= 15 is 0 Å². The fraction of sp³-hybridized carbons (Fsp3) is 0.364. The van der Waals surface area contributed by atoms with Gasteiger partial charge >= 0.3 is 0 Å². The highest BCUT2D eigenvalue weighted by Gasteiger charge is 2.34. The molecule has 124 valence electrons. The van der Waals surface area contributed by atoms with Gasteiger partial charge in [0, 0.05) is 12.6 Å². The summed E-state index contributed by atoms with van der Waals surface area (Å²) in [5.74, 6) is 0. The van der Waals surface area contributed by atoms with E-state index < -0.39 is 0 Å². The second-order valence-electron chi connectivity index (χ2n) is 7.11. The van der Waals surface area contributed by atoms with Crippen molar-refractivity contribution in [3.05, 3.63) is 76.9 Å². The van der Waals surface area contributed by atoms with Gasteiger partial charge in [-0.05, 0) is 48.1 Å². The Labute approximate surface area is 144 Å². The van der Waals surface area contributed by atoms with Gasteiger partial charge in [-0.15, -0.1) is 0 Å². The van der Waals surface area contributed by atoms with Gasteiger partial charge in [-0.2, -0.15) is 0 Å². The van der Waals surface area contributed by atoms with Gasteiger partial charge in [0.1, 0.15) is 0 Å². The molecule has 2 nitrogen and oxygen atoms in total. The normalized spacial score (nSPS) is 23.8. The molecule has 0 radical (unpaired) electrons. The van der Waals surface area contributed by atoms with Crippen LogP contribution in [0.25, 0.3) is 5.57 Å². The molecule has 0 saturated carbocycles. The van der Waals surface area contributed by atoms with Crippen molar-refractivity contribution in [3.8, 4) is 0 Å². The summed E-state index contributed by atoms with van der Waals surface area (Å²) in [6.07, 6.45) is 3.51. The lowest BCUT2D eigenvalue weighted by molar-refractivity contribution is -0.0402. The molecule has 4 rings (SSSR count). The summed E-state index contributed by atoms with van der Waals surface area (Å²) in [7, 11) is 0. The molecule has 2 aliphatic heterocycles. The van der Waals surface area contributed by atoms with Gasteiger partial charge < -0.3 is 4.74 Å². The van der Waals surface area contributed by atoms with E-state index in [9.17, 15) is 0 Å². The maximum absolute atomic E-state index is 5.85. The third kappa shape index (κ3) is 3.04. The van der Waals surface area contributed by atoms with Gasteiger partial charge in [0.05, 0.1) is 19.3 Å². The minimum Gasteiger partial charge on any atom is -0.378 e. The number of fused-ring (bicyclic) bond motifs is 2. The quantitative estimate of drug-likeness (QED) is 0.833. The maximum atomic E-state index is 5.85. The lowest BCUT2D eigenvalue weighted by Gasteiger charge is -2.45. The lowest BCUT2D eigenvalue weighted by atomic mass is 9.88. The second kappa shape index (κ2) is 6.54. The molecular formula is C22H25NO.